The standard InChI is InChI=1S/C28H22ClN5O3/c29-20-9-12-24(30)22(15-20)19-8-13-25(32-16-19)23(14-17-4-2-1-3-5-17)27-34-33-26(37-27)18-6-10-21(11-7-18)36-28(31)35/h1-13,15-16,23H,14,30H2,(H2,31,35). The van der Waals surface area contributed by atoms with Crippen LogP contribution in [0.3, 0.4) is 0 Å². The summed E-state index contributed by atoms with van der Waals surface area (Å²) in [7, 11) is 0. The molecule has 0 aliphatic carbocycles. The molecule has 0 saturated carbocycles. The lowest BCUT2D eigenvalue weighted by Crippen LogP contribution is -2.16. The number of benzene rings is 3. The zero-order chi connectivity index (χ0) is 25.8. The molecule has 1 amide bonds. The van der Waals surface area contributed by atoms with Gasteiger partial charge in [-0.2, -0.15) is 0 Å². The van der Waals surface area contributed by atoms with E-state index in [2.05, 4.69) is 10.2 Å². The van der Waals surface area contributed by atoms with Crippen molar-refractivity contribution >= 4 is 23.4 Å². The minimum Gasteiger partial charge on any atom is -0.420 e. The first kappa shape index (κ1) is 24.0. The number of carbonyl (C=O) groups excluding carboxylic acids is 1. The molecule has 9 heteroatoms. The van der Waals surface area contributed by atoms with E-state index in [4.69, 9.17) is 37.2 Å². The van der Waals surface area contributed by atoms with E-state index < -0.39 is 6.09 Å². The van der Waals surface area contributed by atoms with Gasteiger partial charge in [0, 0.05) is 33.6 Å². The molecule has 0 saturated heterocycles. The minimum atomic E-state index is -0.881. The second-order valence-corrected chi connectivity index (χ2v) is 8.77. The maximum atomic E-state index is 11.0. The largest absolute Gasteiger partial charge is 0.420 e. The van der Waals surface area contributed by atoms with Crippen molar-refractivity contribution in [2.75, 3.05) is 5.73 Å². The molecule has 5 aromatic rings. The third-order valence-electron chi connectivity index (χ3n) is 5.81. The van der Waals surface area contributed by atoms with Gasteiger partial charge >= 0.3 is 6.09 Å². The molecule has 2 heterocycles. The Morgan fingerprint density at radius 3 is 2.41 bits per heavy atom. The van der Waals surface area contributed by atoms with Crippen molar-refractivity contribution in [3.05, 3.63) is 113 Å². The van der Waals surface area contributed by atoms with Crippen LogP contribution in [0.15, 0.2) is 95.5 Å². The van der Waals surface area contributed by atoms with E-state index in [0.29, 0.717) is 40.2 Å². The maximum absolute atomic E-state index is 11.0. The van der Waals surface area contributed by atoms with Crippen LogP contribution in [0.4, 0.5) is 10.5 Å². The highest BCUT2D eigenvalue weighted by molar-refractivity contribution is 6.31. The summed E-state index contributed by atoms with van der Waals surface area (Å²) < 4.78 is 11.0. The van der Waals surface area contributed by atoms with Gasteiger partial charge in [0.1, 0.15) is 5.75 Å². The Morgan fingerprint density at radius 2 is 1.70 bits per heavy atom. The number of anilines is 1. The third-order valence-corrected chi connectivity index (χ3v) is 6.05. The number of carbonyl (C=O) groups is 1. The number of ether oxygens (including phenoxy) is 1. The van der Waals surface area contributed by atoms with Crippen molar-refractivity contribution in [1.29, 1.82) is 0 Å². The van der Waals surface area contributed by atoms with E-state index in [1.165, 1.54) is 0 Å². The first-order valence-corrected chi connectivity index (χ1v) is 11.8. The van der Waals surface area contributed by atoms with E-state index in [0.717, 1.165) is 22.4 Å². The molecular formula is C28H22ClN5O3. The van der Waals surface area contributed by atoms with Crippen molar-refractivity contribution in [3.63, 3.8) is 0 Å². The lowest BCUT2D eigenvalue weighted by Gasteiger charge is -2.14. The zero-order valence-electron chi connectivity index (χ0n) is 19.5. The fourth-order valence-corrected chi connectivity index (χ4v) is 4.16. The van der Waals surface area contributed by atoms with Crippen molar-refractivity contribution in [1.82, 2.24) is 15.2 Å². The van der Waals surface area contributed by atoms with Crippen LogP contribution in [-0.2, 0) is 6.42 Å². The van der Waals surface area contributed by atoms with E-state index in [1.54, 1.807) is 42.6 Å². The van der Waals surface area contributed by atoms with Gasteiger partial charge < -0.3 is 20.6 Å². The Labute approximate surface area is 217 Å². The van der Waals surface area contributed by atoms with Crippen molar-refractivity contribution in [2.24, 2.45) is 5.73 Å². The molecule has 0 fully saturated rings. The summed E-state index contributed by atoms with van der Waals surface area (Å²) in [6, 6.07) is 25.9. The Kier molecular flexibility index (Phi) is 6.83. The molecule has 0 bridgehead atoms. The molecule has 1 unspecified atom stereocenters. The van der Waals surface area contributed by atoms with Gasteiger partial charge in [0.15, 0.2) is 0 Å². The Bertz CT molecular complexity index is 1520. The molecule has 0 radical (unpaired) electrons. The number of halogens is 1. The van der Waals surface area contributed by atoms with Gasteiger partial charge in [0.25, 0.3) is 0 Å². The third kappa shape index (κ3) is 5.60. The van der Waals surface area contributed by atoms with Crippen LogP contribution in [0.5, 0.6) is 5.75 Å². The summed E-state index contributed by atoms with van der Waals surface area (Å²) in [5, 5.41) is 9.19. The SMILES string of the molecule is NC(=O)Oc1ccc(-c2nnc(C(Cc3ccccc3)c3ccc(-c4cc(Cl)ccc4N)cn3)o2)cc1. The van der Waals surface area contributed by atoms with E-state index in [9.17, 15) is 4.79 Å². The highest BCUT2D eigenvalue weighted by Crippen LogP contribution is 2.32. The first-order valence-electron chi connectivity index (χ1n) is 11.4. The van der Waals surface area contributed by atoms with Crippen LogP contribution in [0, 0.1) is 0 Å². The van der Waals surface area contributed by atoms with Gasteiger partial charge in [-0.05, 0) is 60.5 Å². The van der Waals surface area contributed by atoms with Gasteiger partial charge in [0.05, 0.1) is 11.6 Å². The summed E-state index contributed by atoms with van der Waals surface area (Å²) in [4.78, 5) is 15.7. The molecule has 8 nitrogen and oxygen atoms in total. The van der Waals surface area contributed by atoms with E-state index in [1.807, 2.05) is 48.5 Å². The van der Waals surface area contributed by atoms with E-state index in [-0.39, 0.29) is 5.92 Å². The minimum absolute atomic E-state index is 0.285. The van der Waals surface area contributed by atoms with Crippen LogP contribution in [-0.4, -0.2) is 21.3 Å². The number of aromatic nitrogens is 3. The lowest BCUT2D eigenvalue weighted by molar-refractivity contribution is 0.211. The van der Waals surface area contributed by atoms with Crippen LogP contribution in [0.1, 0.15) is 23.1 Å². The van der Waals surface area contributed by atoms with Gasteiger partial charge in [0.2, 0.25) is 11.8 Å². The molecule has 4 N–H and O–H groups in total. The molecule has 3 aromatic carbocycles. The Hall–Kier alpha value is -4.69. The van der Waals surface area contributed by atoms with Gasteiger partial charge in [-0.25, -0.2) is 4.79 Å². The predicted octanol–water partition coefficient (Wildman–Crippen LogP) is 5.87. The number of nitrogens with two attached hydrogens (primary N) is 2. The number of pyridine rings is 1. The molecule has 0 aliphatic heterocycles. The fourth-order valence-electron chi connectivity index (χ4n) is 3.99. The Balaban J connectivity index is 1.46. The number of nitrogen functional groups attached to an aromatic ring is 1. The highest BCUT2D eigenvalue weighted by Gasteiger charge is 2.24. The molecule has 2 aromatic heterocycles. The van der Waals surface area contributed by atoms with Crippen molar-refractivity contribution < 1.29 is 13.9 Å². The summed E-state index contributed by atoms with van der Waals surface area (Å²) in [5.74, 6) is 0.801. The van der Waals surface area contributed by atoms with Crippen LogP contribution in [0.25, 0.3) is 22.6 Å². The average molecular weight is 512 g/mol. The molecular weight excluding hydrogens is 490 g/mol. The summed E-state index contributed by atoms with van der Waals surface area (Å²) >= 11 is 6.17. The number of hydrogen-bond donors (Lipinski definition) is 2. The number of nitrogens with zero attached hydrogens (tertiary/aromatic N) is 3. The summed E-state index contributed by atoms with van der Waals surface area (Å²) in [5.41, 5.74) is 16.1. The van der Waals surface area contributed by atoms with Crippen LogP contribution in [0.2, 0.25) is 5.02 Å². The number of rotatable bonds is 7. The fraction of sp³-hybridized carbons (Fsp3) is 0.0714. The molecule has 5 rings (SSSR count). The monoisotopic (exact) mass is 511 g/mol. The molecule has 184 valence electrons. The second kappa shape index (κ2) is 10.5. The second-order valence-electron chi connectivity index (χ2n) is 8.34. The molecule has 37 heavy (non-hydrogen) atoms. The van der Waals surface area contributed by atoms with Crippen LogP contribution < -0.4 is 16.2 Å². The van der Waals surface area contributed by atoms with Crippen molar-refractivity contribution in [2.45, 2.75) is 12.3 Å². The quantitative estimate of drug-likeness (QED) is 0.261. The average Bonchev–Trinajstić information content (AvgIpc) is 3.40. The number of primary amides is 1. The van der Waals surface area contributed by atoms with E-state index >= 15 is 0 Å². The smallest absolute Gasteiger partial charge is 0.409 e. The topological polar surface area (TPSA) is 130 Å². The summed E-state index contributed by atoms with van der Waals surface area (Å²) in [6.07, 6.45) is 1.50. The predicted molar refractivity (Wildman–Crippen MR) is 141 cm³/mol. The maximum Gasteiger partial charge on any atom is 0.409 e. The van der Waals surface area contributed by atoms with Gasteiger partial charge in [-0.1, -0.05) is 48.0 Å². The first-order chi connectivity index (χ1) is 18.0. The molecule has 0 aliphatic rings. The van der Waals surface area contributed by atoms with Crippen molar-refractivity contribution in [3.8, 4) is 28.3 Å². The Morgan fingerprint density at radius 1 is 0.946 bits per heavy atom. The normalized spacial score (nSPS) is 11.7. The van der Waals surface area contributed by atoms with Gasteiger partial charge in [-0.3, -0.25) is 4.98 Å². The van der Waals surface area contributed by atoms with Crippen LogP contribution >= 0.6 is 11.6 Å². The number of amides is 1. The highest BCUT2D eigenvalue weighted by atomic mass is 35.5. The zero-order valence-corrected chi connectivity index (χ0v) is 20.3. The lowest BCUT2D eigenvalue weighted by atomic mass is 9.94. The number of hydrogen-bond acceptors (Lipinski definition) is 7. The molecule has 0 spiro atoms. The van der Waals surface area contributed by atoms with Gasteiger partial charge in [-0.15, -0.1) is 10.2 Å². The summed E-state index contributed by atoms with van der Waals surface area (Å²) in [6.45, 7) is 0. The molecule has 1 atom stereocenters.